The largest absolute Gasteiger partial charge is 0.479 e. The molecule has 3 N–H and O–H groups in total. The molecule has 0 fully saturated rings. The Balaban J connectivity index is 1.42. The molecule has 0 radical (unpaired) electrons. The second kappa shape index (κ2) is 9.12. The molecule has 9 nitrogen and oxygen atoms in total. The monoisotopic (exact) mass is 488 g/mol. The summed E-state index contributed by atoms with van der Waals surface area (Å²) < 4.78 is 44.9. The van der Waals surface area contributed by atoms with Crippen LogP contribution in [-0.2, 0) is 16.6 Å². The molecule has 182 valence electrons. The van der Waals surface area contributed by atoms with E-state index in [1.54, 1.807) is 0 Å². The van der Waals surface area contributed by atoms with Gasteiger partial charge in [-0.2, -0.15) is 18.3 Å². The molecule has 1 heterocycles. The Morgan fingerprint density at radius 1 is 1.09 bits per heavy atom. The van der Waals surface area contributed by atoms with Gasteiger partial charge >= 0.3 is 18.2 Å². The number of ether oxygens (including phenoxy) is 1. The fraction of sp³-hybridized carbons (Fsp3) is 0.217. The molecule has 0 spiro atoms. The van der Waals surface area contributed by atoms with E-state index in [0.717, 1.165) is 33.0 Å². The van der Waals surface area contributed by atoms with Crippen LogP contribution < -0.4 is 10.6 Å². The number of nitrogens with zero attached hydrogens (tertiary/aromatic N) is 2. The van der Waals surface area contributed by atoms with E-state index in [2.05, 4.69) is 10.4 Å². The van der Waals surface area contributed by atoms with Crippen LogP contribution in [0.3, 0.4) is 0 Å². The predicted molar refractivity (Wildman–Crippen MR) is 117 cm³/mol. The topological polar surface area (TPSA) is 123 Å². The van der Waals surface area contributed by atoms with Crippen LogP contribution in [0, 0.1) is 0 Å². The molecule has 0 bridgehead atoms. The number of anilines is 1. The normalized spacial score (nSPS) is 13.5. The lowest BCUT2D eigenvalue weighted by molar-refractivity contribution is -0.178. The van der Waals surface area contributed by atoms with Crippen LogP contribution in [-0.4, -0.2) is 51.7 Å². The van der Waals surface area contributed by atoms with Crippen molar-refractivity contribution in [3.63, 3.8) is 0 Å². The highest BCUT2D eigenvalue weighted by Crippen LogP contribution is 2.44. The van der Waals surface area contributed by atoms with Crippen molar-refractivity contribution >= 4 is 23.8 Å². The molecule has 4 rings (SSSR count). The zero-order valence-corrected chi connectivity index (χ0v) is 18.2. The van der Waals surface area contributed by atoms with Crippen LogP contribution in [0.1, 0.15) is 27.5 Å². The summed E-state index contributed by atoms with van der Waals surface area (Å²) in [6, 6.07) is 13.4. The smallest absolute Gasteiger partial charge is 0.419 e. The third-order valence-corrected chi connectivity index (χ3v) is 5.54. The third-order valence-electron chi connectivity index (χ3n) is 5.54. The van der Waals surface area contributed by atoms with Gasteiger partial charge in [0, 0.05) is 19.0 Å². The van der Waals surface area contributed by atoms with E-state index >= 15 is 0 Å². The summed E-state index contributed by atoms with van der Waals surface area (Å²) in [6.45, 7) is 0.0247. The van der Waals surface area contributed by atoms with Gasteiger partial charge < -0.3 is 15.2 Å². The number of amides is 2. The molecule has 2 aromatic carbocycles. The quantitative estimate of drug-likeness (QED) is 0.488. The lowest BCUT2D eigenvalue weighted by Crippen LogP contribution is -2.50. The maximum atomic E-state index is 12.8. The van der Waals surface area contributed by atoms with E-state index in [0.29, 0.717) is 0 Å². The first-order valence-corrected chi connectivity index (χ1v) is 10.3. The van der Waals surface area contributed by atoms with Crippen LogP contribution in [0.15, 0.2) is 54.6 Å². The first-order chi connectivity index (χ1) is 16.6. The van der Waals surface area contributed by atoms with Gasteiger partial charge in [-0.25, -0.2) is 9.59 Å². The van der Waals surface area contributed by atoms with Crippen molar-refractivity contribution in [1.29, 1.82) is 0 Å². The van der Waals surface area contributed by atoms with Crippen LogP contribution in [0.25, 0.3) is 11.1 Å². The molecular formula is C23H19F3N4O5. The lowest BCUT2D eigenvalue weighted by atomic mass is 9.98. The molecule has 1 aromatic heterocycles. The number of hydrogen-bond donors (Lipinski definition) is 3. The van der Waals surface area contributed by atoms with Crippen LogP contribution >= 0.6 is 0 Å². The minimum Gasteiger partial charge on any atom is -0.479 e. The van der Waals surface area contributed by atoms with Crippen molar-refractivity contribution in [2.45, 2.75) is 18.1 Å². The molecule has 2 amide bonds. The minimum absolute atomic E-state index is 0.0247. The van der Waals surface area contributed by atoms with Crippen LogP contribution in [0.4, 0.5) is 23.8 Å². The Labute approximate surface area is 196 Å². The van der Waals surface area contributed by atoms with Gasteiger partial charge in [0.15, 0.2) is 5.69 Å². The number of fused-ring (bicyclic) bond motifs is 3. The molecule has 0 saturated heterocycles. The SMILES string of the molecule is Cn1nc(C(=O)NC(C(=O)O)C(F)(F)F)cc1NC(=O)OCC1c2ccccc2-c2ccccc21. The number of alkyl halides is 3. The summed E-state index contributed by atoms with van der Waals surface area (Å²) >= 11 is 0. The molecule has 1 aliphatic carbocycles. The fourth-order valence-corrected chi connectivity index (χ4v) is 3.92. The van der Waals surface area contributed by atoms with E-state index < -0.39 is 35.9 Å². The van der Waals surface area contributed by atoms with Crippen molar-refractivity contribution in [3.8, 4) is 11.1 Å². The number of hydrogen-bond acceptors (Lipinski definition) is 5. The predicted octanol–water partition coefficient (Wildman–Crippen LogP) is 3.53. The average molecular weight is 488 g/mol. The maximum absolute atomic E-state index is 12.8. The number of aliphatic carboxylic acids is 1. The highest BCUT2D eigenvalue weighted by atomic mass is 19.4. The zero-order chi connectivity index (χ0) is 25.3. The van der Waals surface area contributed by atoms with Crippen molar-refractivity contribution in [3.05, 3.63) is 71.4 Å². The van der Waals surface area contributed by atoms with Gasteiger partial charge in [0.25, 0.3) is 5.91 Å². The maximum Gasteiger partial charge on any atom is 0.419 e. The Bertz CT molecular complexity index is 1260. The van der Waals surface area contributed by atoms with Crippen LogP contribution in [0.5, 0.6) is 0 Å². The van der Waals surface area contributed by atoms with Crippen molar-refractivity contribution in [2.75, 3.05) is 11.9 Å². The average Bonchev–Trinajstić information content (AvgIpc) is 3.32. The van der Waals surface area contributed by atoms with E-state index in [-0.39, 0.29) is 18.3 Å². The molecule has 1 unspecified atom stereocenters. The number of carbonyl (C=O) groups excluding carboxylic acids is 2. The van der Waals surface area contributed by atoms with Gasteiger partial charge in [0.05, 0.1) is 0 Å². The molecule has 1 aliphatic rings. The summed E-state index contributed by atoms with van der Waals surface area (Å²) in [5, 5.41) is 16.2. The number of benzene rings is 2. The highest BCUT2D eigenvalue weighted by molar-refractivity contribution is 5.96. The lowest BCUT2D eigenvalue weighted by Gasteiger charge is -2.16. The van der Waals surface area contributed by atoms with E-state index in [1.807, 2.05) is 48.5 Å². The standard InChI is InChI=1S/C23H19F3N4O5/c1-30-18(10-17(29-30)20(31)28-19(21(32)33)23(24,25)26)27-22(34)35-11-16-14-8-4-2-6-12(14)13-7-3-5-9-15(13)16/h2-10,16,19H,11H2,1H3,(H,27,34)(H,28,31)(H,32,33). The van der Waals surface area contributed by atoms with Crippen molar-refractivity contribution < 1.29 is 37.4 Å². The first kappa shape index (κ1) is 23.8. The summed E-state index contributed by atoms with van der Waals surface area (Å²) in [5.41, 5.74) is 3.62. The number of carbonyl (C=O) groups is 3. The van der Waals surface area contributed by atoms with Gasteiger partial charge in [-0.1, -0.05) is 48.5 Å². The van der Waals surface area contributed by atoms with Gasteiger partial charge in [-0.15, -0.1) is 0 Å². The van der Waals surface area contributed by atoms with E-state index in [9.17, 15) is 27.6 Å². The Morgan fingerprint density at radius 2 is 1.66 bits per heavy atom. The molecule has 12 heteroatoms. The van der Waals surface area contributed by atoms with Gasteiger partial charge in [-0.05, 0) is 22.3 Å². The number of aromatic nitrogens is 2. The van der Waals surface area contributed by atoms with Gasteiger partial charge in [0.1, 0.15) is 12.4 Å². The number of halogens is 3. The highest BCUT2D eigenvalue weighted by Gasteiger charge is 2.46. The summed E-state index contributed by atoms with van der Waals surface area (Å²) in [7, 11) is 1.34. The fourth-order valence-electron chi connectivity index (χ4n) is 3.92. The molecule has 1 atom stereocenters. The number of nitrogens with one attached hydrogen (secondary N) is 2. The first-order valence-electron chi connectivity index (χ1n) is 10.3. The Kier molecular flexibility index (Phi) is 6.20. The molecule has 35 heavy (non-hydrogen) atoms. The van der Waals surface area contributed by atoms with Crippen molar-refractivity contribution in [2.24, 2.45) is 7.05 Å². The number of aryl methyl sites for hydroxylation is 1. The molecular weight excluding hydrogens is 469 g/mol. The van der Waals surface area contributed by atoms with E-state index in [1.165, 1.54) is 12.4 Å². The molecule has 0 aliphatic heterocycles. The Morgan fingerprint density at radius 3 is 2.20 bits per heavy atom. The summed E-state index contributed by atoms with van der Waals surface area (Å²) in [5.74, 6) is -3.85. The molecule has 3 aromatic rings. The summed E-state index contributed by atoms with van der Waals surface area (Å²) in [4.78, 5) is 35.3. The van der Waals surface area contributed by atoms with Gasteiger partial charge in [0.2, 0.25) is 6.04 Å². The van der Waals surface area contributed by atoms with Crippen LogP contribution in [0.2, 0.25) is 0 Å². The second-order valence-corrected chi connectivity index (χ2v) is 7.78. The minimum atomic E-state index is -5.20. The third kappa shape index (κ3) is 4.81. The number of carboxylic acid groups (broad SMARTS) is 1. The Hall–Kier alpha value is -4.35. The van der Waals surface area contributed by atoms with Crippen molar-refractivity contribution in [1.82, 2.24) is 15.1 Å². The number of rotatable bonds is 6. The zero-order valence-electron chi connectivity index (χ0n) is 18.2. The van der Waals surface area contributed by atoms with E-state index in [4.69, 9.17) is 9.84 Å². The number of carboxylic acids is 1. The summed E-state index contributed by atoms with van der Waals surface area (Å²) in [6.07, 6.45) is -6.06. The van der Waals surface area contributed by atoms with Gasteiger partial charge in [-0.3, -0.25) is 14.8 Å². The second-order valence-electron chi connectivity index (χ2n) is 7.78. The molecule has 0 saturated carbocycles.